The fourth-order valence-corrected chi connectivity index (χ4v) is 4.10. The number of phenolic OH excluding ortho intramolecular Hbond substituents is 1. The first-order valence-electron chi connectivity index (χ1n) is 10.5. The Morgan fingerprint density at radius 2 is 1.85 bits per heavy atom. The molecule has 1 amide bonds. The molecule has 0 radical (unpaired) electrons. The lowest BCUT2D eigenvalue weighted by molar-refractivity contribution is -0.124. The molecule has 1 saturated carbocycles. The van der Waals surface area contributed by atoms with Gasteiger partial charge in [-0.2, -0.15) is 0 Å². The van der Waals surface area contributed by atoms with Gasteiger partial charge in [0.15, 0.2) is 0 Å². The Labute approximate surface area is 189 Å². The molecule has 0 atom stereocenters. The number of carbonyl (C=O) groups excluding carboxylic acids is 2. The number of aromatic nitrogens is 1. The van der Waals surface area contributed by atoms with Crippen molar-refractivity contribution in [2.45, 2.75) is 63.3 Å². The van der Waals surface area contributed by atoms with Crippen molar-refractivity contribution in [1.29, 1.82) is 0 Å². The van der Waals surface area contributed by atoms with Crippen molar-refractivity contribution in [3.63, 3.8) is 0 Å². The number of ketones is 1. The summed E-state index contributed by atoms with van der Waals surface area (Å²) in [6.45, 7) is 4.55. The van der Waals surface area contributed by atoms with E-state index < -0.39 is 41.4 Å². The molecule has 33 heavy (non-hydrogen) atoms. The van der Waals surface area contributed by atoms with Crippen molar-refractivity contribution in [3.05, 3.63) is 58.7 Å². The van der Waals surface area contributed by atoms with E-state index in [1.54, 1.807) is 13.8 Å². The van der Waals surface area contributed by atoms with Crippen molar-refractivity contribution < 1.29 is 33.0 Å². The van der Waals surface area contributed by atoms with E-state index in [9.17, 15) is 33.0 Å². The molecule has 1 aliphatic carbocycles. The molecule has 1 aliphatic rings. The largest absolute Gasteiger partial charge is 0.508 e. The molecule has 0 aliphatic heterocycles. The molecule has 0 saturated heterocycles. The lowest BCUT2D eigenvalue weighted by Gasteiger charge is -2.45. The van der Waals surface area contributed by atoms with E-state index in [0.29, 0.717) is 5.56 Å². The van der Waals surface area contributed by atoms with Gasteiger partial charge in [0.05, 0.1) is 6.61 Å². The molecular formula is C24H27F3N2O4. The van der Waals surface area contributed by atoms with Crippen LogP contribution in [0.3, 0.4) is 0 Å². The number of amides is 1. The molecular weight excluding hydrogens is 437 g/mol. The normalized spacial score (nSPS) is 16.7. The lowest BCUT2D eigenvalue weighted by atomic mass is 9.75. The number of pyridine rings is 1. The van der Waals surface area contributed by atoms with Crippen molar-refractivity contribution in [2.24, 2.45) is 0 Å². The Hall–Kier alpha value is -2.94. The summed E-state index contributed by atoms with van der Waals surface area (Å²) >= 11 is 0. The van der Waals surface area contributed by atoms with E-state index in [4.69, 9.17) is 0 Å². The number of aromatic hydroxyl groups is 1. The number of hydrogen-bond acceptors (Lipinski definition) is 5. The van der Waals surface area contributed by atoms with Gasteiger partial charge in [-0.25, -0.2) is 13.2 Å². The van der Waals surface area contributed by atoms with Crippen LogP contribution in [0.5, 0.6) is 5.75 Å². The highest BCUT2D eigenvalue weighted by molar-refractivity contribution is 5.93. The van der Waals surface area contributed by atoms with Gasteiger partial charge in [-0.1, -0.05) is 13.8 Å². The standard InChI is InChI=1S/C24H27F3N2O4/c1-22(2,13-30)17-10-18(25)15(9-20(17)32)8-16(31)6-14-4-5-28-19(7-14)21(33)29-23(3)11-24(26,27)12-23/h4-5,7,9-10,30,32H,6,8,11-13H2,1-3H3,(H,29,33). The minimum absolute atomic E-state index is 0.00356. The van der Waals surface area contributed by atoms with Crippen LogP contribution in [-0.2, 0) is 23.1 Å². The molecule has 3 N–H and O–H groups in total. The number of nitrogens with one attached hydrogen (secondary N) is 1. The summed E-state index contributed by atoms with van der Waals surface area (Å²) in [6, 6.07) is 5.23. The molecule has 1 heterocycles. The van der Waals surface area contributed by atoms with Crippen LogP contribution >= 0.6 is 0 Å². The van der Waals surface area contributed by atoms with Crippen LogP contribution in [0.25, 0.3) is 0 Å². The number of alkyl halides is 2. The zero-order chi connectivity index (χ0) is 24.6. The minimum Gasteiger partial charge on any atom is -0.508 e. The topological polar surface area (TPSA) is 99.5 Å². The average molecular weight is 464 g/mol. The molecule has 2 aromatic rings. The van der Waals surface area contributed by atoms with E-state index in [1.807, 2.05) is 0 Å². The zero-order valence-corrected chi connectivity index (χ0v) is 18.7. The van der Waals surface area contributed by atoms with Crippen molar-refractivity contribution in [2.75, 3.05) is 6.61 Å². The van der Waals surface area contributed by atoms with Crippen molar-refractivity contribution >= 4 is 11.7 Å². The maximum atomic E-state index is 14.6. The summed E-state index contributed by atoms with van der Waals surface area (Å²) in [6.07, 6.45) is 0.0546. The number of rotatable bonds is 8. The molecule has 6 nitrogen and oxygen atoms in total. The first-order valence-corrected chi connectivity index (χ1v) is 10.5. The number of hydrogen-bond donors (Lipinski definition) is 3. The number of phenols is 1. The van der Waals surface area contributed by atoms with Crippen LogP contribution in [0.15, 0.2) is 30.5 Å². The number of benzene rings is 1. The van der Waals surface area contributed by atoms with E-state index in [2.05, 4.69) is 10.3 Å². The van der Waals surface area contributed by atoms with Crippen LogP contribution in [0, 0.1) is 5.82 Å². The van der Waals surface area contributed by atoms with Gasteiger partial charge in [0.25, 0.3) is 11.8 Å². The van der Waals surface area contributed by atoms with Gasteiger partial charge >= 0.3 is 0 Å². The molecule has 0 unspecified atom stereocenters. The van der Waals surface area contributed by atoms with Crippen LogP contribution < -0.4 is 5.32 Å². The van der Waals surface area contributed by atoms with Gasteiger partial charge in [0, 0.05) is 48.4 Å². The summed E-state index contributed by atoms with van der Waals surface area (Å²) in [5, 5.41) is 22.3. The van der Waals surface area contributed by atoms with E-state index in [1.165, 1.54) is 31.3 Å². The molecule has 0 spiro atoms. The Morgan fingerprint density at radius 1 is 1.18 bits per heavy atom. The third-order valence-corrected chi connectivity index (χ3v) is 5.85. The fourth-order valence-electron chi connectivity index (χ4n) is 4.10. The molecule has 178 valence electrons. The monoisotopic (exact) mass is 464 g/mol. The Kier molecular flexibility index (Phi) is 6.57. The Morgan fingerprint density at radius 3 is 2.45 bits per heavy atom. The summed E-state index contributed by atoms with van der Waals surface area (Å²) in [5.41, 5.74) is -1.15. The average Bonchev–Trinajstić information content (AvgIpc) is 2.68. The lowest BCUT2D eigenvalue weighted by Crippen LogP contribution is -2.60. The second-order valence-electron chi connectivity index (χ2n) is 9.67. The molecule has 1 fully saturated rings. The summed E-state index contributed by atoms with van der Waals surface area (Å²) < 4.78 is 40.9. The number of Topliss-reactive ketones (excluding diaryl/α,β-unsaturated/α-hetero) is 1. The van der Waals surface area contributed by atoms with Gasteiger partial charge in [-0.05, 0) is 42.3 Å². The molecule has 3 rings (SSSR count). The third kappa shape index (κ3) is 5.71. The number of aliphatic hydroxyl groups excluding tert-OH is 1. The van der Waals surface area contributed by atoms with Crippen molar-refractivity contribution in [3.8, 4) is 5.75 Å². The molecule has 9 heteroatoms. The number of aliphatic hydroxyl groups is 1. The van der Waals surface area contributed by atoms with Gasteiger partial charge in [-0.3, -0.25) is 14.6 Å². The number of nitrogens with zero attached hydrogens (tertiary/aromatic N) is 1. The Bertz CT molecular complexity index is 1080. The van der Waals surface area contributed by atoms with Crippen LogP contribution in [0.1, 0.15) is 60.8 Å². The zero-order valence-electron chi connectivity index (χ0n) is 18.7. The highest BCUT2D eigenvalue weighted by Crippen LogP contribution is 2.45. The third-order valence-electron chi connectivity index (χ3n) is 5.85. The maximum Gasteiger partial charge on any atom is 0.270 e. The van der Waals surface area contributed by atoms with E-state index in [-0.39, 0.29) is 47.8 Å². The van der Waals surface area contributed by atoms with Gasteiger partial charge in [0.1, 0.15) is 23.0 Å². The first kappa shape index (κ1) is 24.7. The van der Waals surface area contributed by atoms with Crippen LogP contribution in [-0.4, -0.2) is 45.0 Å². The van der Waals surface area contributed by atoms with Gasteiger partial charge < -0.3 is 15.5 Å². The van der Waals surface area contributed by atoms with Crippen LogP contribution in [0.4, 0.5) is 13.2 Å². The molecule has 1 aromatic heterocycles. The summed E-state index contributed by atoms with van der Waals surface area (Å²) in [7, 11) is 0. The second kappa shape index (κ2) is 8.78. The number of carbonyl (C=O) groups is 2. The quantitative estimate of drug-likeness (QED) is 0.556. The van der Waals surface area contributed by atoms with Gasteiger partial charge in [0.2, 0.25) is 0 Å². The van der Waals surface area contributed by atoms with Crippen LogP contribution in [0.2, 0.25) is 0 Å². The predicted molar refractivity (Wildman–Crippen MR) is 115 cm³/mol. The fraction of sp³-hybridized carbons (Fsp3) is 0.458. The Balaban J connectivity index is 1.67. The van der Waals surface area contributed by atoms with Crippen molar-refractivity contribution in [1.82, 2.24) is 10.3 Å². The predicted octanol–water partition coefficient (Wildman–Crippen LogP) is 3.47. The second-order valence-corrected chi connectivity index (χ2v) is 9.67. The number of halogens is 3. The van der Waals surface area contributed by atoms with E-state index in [0.717, 1.165) is 6.07 Å². The van der Waals surface area contributed by atoms with Gasteiger partial charge in [-0.15, -0.1) is 0 Å². The first-order chi connectivity index (χ1) is 15.2. The minimum atomic E-state index is -2.79. The van der Waals surface area contributed by atoms with E-state index >= 15 is 0 Å². The molecule has 1 aromatic carbocycles. The highest BCUT2D eigenvalue weighted by atomic mass is 19.3. The maximum absolute atomic E-state index is 14.6. The smallest absolute Gasteiger partial charge is 0.270 e. The summed E-state index contributed by atoms with van der Waals surface area (Å²) in [5.74, 6) is -4.64. The summed E-state index contributed by atoms with van der Waals surface area (Å²) in [4.78, 5) is 28.9. The SMILES string of the molecule is CC1(NC(=O)c2cc(CC(=O)Cc3cc(O)c(C(C)(C)CO)cc3F)ccn2)CC(F)(F)C1. The molecule has 0 bridgehead atoms. The highest BCUT2D eigenvalue weighted by Gasteiger charge is 2.54.